The first kappa shape index (κ1) is 15.2. The Morgan fingerprint density at radius 2 is 2.00 bits per heavy atom. The van der Waals surface area contributed by atoms with Gasteiger partial charge in [-0.2, -0.15) is 8.78 Å². The molecule has 110 valence electrons. The fraction of sp³-hybridized carbons (Fsp3) is 0.133. The predicted octanol–water partition coefficient (Wildman–Crippen LogP) is 4.31. The zero-order chi connectivity index (χ0) is 15.2. The molecule has 0 atom stereocenters. The van der Waals surface area contributed by atoms with E-state index in [4.69, 9.17) is 0 Å². The van der Waals surface area contributed by atoms with Gasteiger partial charge in [-0.3, -0.25) is 4.79 Å². The first-order valence-electron chi connectivity index (χ1n) is 6.12. The van der Waals surface area contributed by atoms with Crippen molar-refractivity contribution in [1.29, 1.82) is 0 Å². The summed E-state index contributed by atoms with van der Waals surface area (Å²) < 4.78 is 28.2. The van der Waals surface area contributed by atoms with Gasteiger partial charge in [-0.15, -0.1) is 11.3 Å². The SMILES string of the molecule is Cc1ccsc1/C=C/C(=O)Nc1ccc(OC(F)F)cc1. The quantitative estimate of drug-likeness (QED) is 0.836. The largest absolute Gasteiger partial charge is 0.435 e. The van der Waals surface area contributed by atoms with Crippen molar-refractivity contribution in [2.24, 2.45) is 0 Å². The summed E-state index contributed by atoms with van der Waals surface area (Å²) in [5, 5.41) is 4.59. The van der Waals surface area contributed by atoms with E-state index in [0.717, 1.165) is 10.4 Å². The number of aryl methyl sites for hydroxylation is 1. The number of anilines is 1. The van der Waals surface area contributed by atoms with Crippen LogP contribution in [-0.4, -0.2) is 12.5 Å². The van der Waals surface area contributed by atoms with E-state index in [1.807, 2.05) is 18.4 Å². The number of carbonyl (C=O) groups excluding carboxylic acids is 1. The first-order chi connectivity index (χ1) is 10.0. The molecule has 21 heavy (non-hydrogen) atoms. The second-order valence-corrected chi connectivity index (χ2v) is 5.14. The Labute approximate surface area is 124 Å². The molecule has 0 unspecified atom stereocenters. The number of alkyl halides is 2. The van der Waals surface area contributed by atoms with E-state index in [1.54, 1.807) is 17.4 Å². The molecule has 1 heterocycles. The molecule has 0 radical (unpaired) electrons. The van der Waals surface area contributed by atoms with Gasteiger partial charge < -0.3 is 10.1 Å². The van der Waals surface area contributed by atoms with E-state index in [1.165, 1.54) is 30.3 Å². The van der Waals surface area contributed by atoms with Gasteiger partial charge >= 0.3 is 6.61 Å². The minimum absolute atomic E-state index is 0.0488. The molecule has 1 aromatic carbocycles. The van der Waals surface area contributed by atoms with Crippen LogP contribution in [0.25, 0.3) is 6.08 Å². The number of amides is 1. The van der Waals surface area contributed by atoms with Crippen molar-refractivity contribution in [3.05, 3.63) is 52.2 Å². The van der Waals surface area contributed by atoms with Gasteiger partial charge in [-0.05, 0) is 54.3 Å². The maximum Gasteiger partial charge on any atom is 0.387 e. The maximum absolute atomic E-state index is 12.0. The number of halogens is 2. The molecule has 0 aliphatic rings. The Hall–Kier alpha value is -2.21. The topological polar surface area (TPSA) is 38.3 Å². The van der Waals surface area contributed by atoms with Crippen molar-refractivity contribution in [2.75, 3.05) is 5.32 Å². The molecule has 2 aromatic rings. The highest BCUT2D eigenvalue weighted by Gasteiger charge is 2.04. The van der Waals surface area contributed by atoms with Gasteiger partial charge in [0.25, 0.3) is 0 Å². The van der Waals surface area contributed by atoms with E-state index >= 15 is 0 Å². The van der Waals surface area contributed by atoms with Crippen molar-refractivity contribution in [3.8, 4) is 5.75 Å². The Kier molecular flexibility index (Phi) is 5.05. The normalized spacial score (nSPS) is 11.0. The number of hydrogen-bond donors (Lipinski definition) is 1. The zero-order valence-corrected chi connectivity index (χ0v) is 12.0. The molecule has 1 N–H and O–H groups in total. The third-order valence-corrected chi connectivity index (χ3v) is 3.62. The molecule has 1 aromatic heterocycles. The number of nitrogens with one attached hydrogen (secondary N) is 1. The van der Waals surface area contributed by atoms with Crippen LogP contribution in [0.4, 0.5) is 14.5 Å². The maximum atomic E-state index is 12.0. The second kappa shape index (κ2) is 6.99. The fourth-order valence-corrected chi connectivity index (χ4v) is 2.43. The van der Waals surface area contributed by atoms with Crippen LogP contribution in [0.2, 0.25) is 0 Å². The van der Waals surface area contributed by atoms with Crippen LogP contribution in [0, 0.1) is 6.92 Å². The minimum Gasteiger partial charge on any atom is -0.435 e. The zero-order valence-electron chi connectivity index (χ0n) is 11.2. The van der Waals surface area contributed by atoms with Crippen molar-refractivity contribution in [3.63, 3.8) is 0 Å². The Morgan fingerprint density at radius 3 is 2.57 bits per heavy atom. The first-order valence-corrected chi connectivity index (χ1v) is 7.00. The van der Waals surface area contributed by atoms with E-state index in [0.29, 0.717) is 5.69 Å². The molecule has 0 saturated heterocycles. The molecule has 6 heteroatoms. The van der Waals surface area contributed by atoms with Crippen molar-refractivity contribution in [2.45, 2.75) is 13.5 Å². The molecular formula is C15H13F2NO2S. The summed E-state index contributed by atoms with van der Waals surface area (Å²) >= 11 is 1.55. The highest BCUT2D eigenvalue weighted by Crippen LogP contribution is 2.19. The van der Waals surface area contributed by atoms with Crippen LogP contribution in [0.15, 0.2) is 41.8 Å². The van der Waals surface area contributed by atoms with E-state index in [9.17, 15) is 13.6 Å². The Balaban J connectivity index is 1.93. The summed E-state index contributed by atoms with van der Waals surface area (Å²) in [4.78, 5) is 12.8. The minimum atomic E-state index is -2.86. The van der Waals surface area contributed by atoms with Crippen molar-refractivity contribution >= 4 is 29.0 Å². The van der Waals surface area contributed by atoms with Crippen molar-refractivity contribution < 1.29 is 18.3 Å². The lowest BCUT2D eigenvalue weighted by Crippen LogP contribution is -2.07. The lowest BCUT2D eigenvalue weighted by Gasteiger charge is -2.06. The number of thiophene rings is 1. The number of carbonyl (C=O) groups is 1. The second-order valence-electron chi connectivity index (χ2n) is 4.19. The molecule has 0 bridgehead atoms. The van der Waals surface area contributed by atoms with E-state index in [-0.39, 0.29) is 11.7 Å². The van der Waals surface area contributed by atoms with Gasteiger partial charge in [-0.25, -0.2) is 0 Å². The highest BCUT2D eigenvalue weighted by atomic mass is 32.1. The lowest BCUT2D eigenvalue weighted by atomic mass is 10.2. The van der Waals surface area contributed by atoms with Crippen LogP contribution >= 0.6 is 11.3 Å². The van der Waals surface area contributed by atoms with Crippen LogP contribution in [0.1, 0.15) is 10.4 Å². The lowest BCUT2D eigenvalue weighted by molar-refractivity contribution is -0.111. The molecule has 0 aliphatic heterocycles. The van der Waals surface area contributed by atoms with Gasteiger partial charge in [0.1, 0.15) is 5.75 Å². The average Bonchev–Trinajstić information content (AvgIpc) is 2.84. The number of ether oxygens (including phenoxy) is 1. The van der Waals surface area contributed by atoms with Gasteiger partial charge in [0, 0.05) is 16.6 Å². The van der Waals surface area contributed by atoms with Crippen molar-refractivity contribution in [1.82, 2.24) is 0 Å². The fourth-order valence-electron chi connectivity index (χ4n) is 1.61. The number of rotatable bonds is 5. The number of benzene rings is 1. The summed E-state index contributed by atoms with van der Waals surface area (Å²) in [6.07, 6.45) is 3.17. The summed E-state index contributed by atoms with van der Waals surface area (Å²) in [6.45, 7) is -0.891. The smallest absolute Gasteiger partial charge is 0.387 e. The molecule has 0 saturated carbocycles. The average molecular weight is 309 g/mol. The van der Waals surface area contributed by atoms with Crippen LogP contribution < -0.4 is 10.1 Å². The summed E-state index contributed by atoms with van der Waals surface area (Å²) in [7, 11) is 0. The van der Waals surface area contributed by atoms with Gasteiger partial charge in [0.15, 0.2) is 0 Å². The third-order valence-electron chi connectivity index (χ3n) is 2.63. The van der Waals surface area contributed by atoms with Gasteiger partial charge in [-0.1, -0.05) is 0 Å². The molecular weight excluding hydrogens is 296 g/mol. The molecule has 0 spiro atoms. The monoisotopic (exact) mass is 309 g/mol. The molecule has 3 nitrogen and oxygen atoms in total. The Bertz CT molecular complexity index is 635. The van der Waals surface area contributed by atoms with Crippen LogP contribution in [0.3, 0.4) is 0 Å². The summed E-state index contributed by atoms with van der Waals surface area (Å²) in [5.74, 6) is -0.238. The molecule has 1 amide bonds. The Morgan fingerprint density at radius 1 is 1.29 bits per heavy atom. The van der Waals surface area contributed by atoms with E-state index < -0.39 is 6.61 Å². The van der Waals surface area contributed by atoms with Gasteiger partial charge in [0.2, 0.25) is 5.91 Å². The summed E-state index contributed by atoms with van der Waals surface area (Å²) in [5.41, 5.74) is 1.62. The molecule has 0 aliphatic carbocycles. The van der Waals surface area contributed by atoms with E-state index in [2.05, 4.69) is 10.1 Å². The molecule has 2 rings (SSSR count). The highest BCUT2D eigenvalue weighted by molar-refractivity contribution is 7.11. The van der Waals surface area contributed by atoms with Gasteiger partial charge in [0.05, 0.1) is 0 Å². The predicted molar refractivity (Wildman–Crippen MR) is 79.8 cm³/mol. The van der Waals surface area contributed by atoms with Crippen LogP contribution in [0.5, 0.6) is 5.75 Å². The number of hydrogen-bond acceptors (Lipinski definition) is 3. The molecule has 0 fully saturated rings. The summed E-state index contributed by atoms with van der Waals surface area (Å²) in [6, 6.07) is 7.72. The van der Waals surface area contributed by atoms with Crippen LogP contribution in [-0.2, 0) is 4.79 Å². The third kappa shape index (κ3) is 4.68. The standard InChI is InChI=1S/C15H13F2NO2S/c1-10-8-9-21-13(10)6-7-14(19)18-11-2-4-12(5-3-11)20-15(16)17/h2-9,15H,1H3,(H,18,19)/b7-6+.